The predicted octanol–water partition coefficient (Wildman–Crippen LogP) is 3.00. The molecular formula is C20H19BrN2O4. The van der Waals surface area contributed by atoms with Crippen molar-refractivity contribution in [1.82, 2.24) is 5.01 Å². The summed E-state index contributed by atoms with van der Waals surface area (Å²) < 4.78 is 11.4. The normalized spacial score (nSPS) is 32.0. The smallest absolute Gasteiger partial charge is 0.254 e. The molecule has 3 fully saturated rings. The first kappa shape index (κ1) is 17.0. The highest BCUT2D eigenvalue weighted by Crippen LogP contribution is 2.73. The van der Waals surface area contributed by atoms with Gasteiger partial charge in [0.2, 0.25) is 0 Å². The average molecular weight is 431 g/mol. The summed E-state index contributed by atoms with van der Waals surface area (Å²) in [5, 5.41) is 5.31. The van der Waals surface area contributed by atoms with Crippen LogP contribution in [-0.4, -0.2) is 37.3 Å². The van der Waals surface area contributed by atoms with Crippen molar-refractivity contribution in [3.05, 3.63) is 34.3 Å². The third-order valence-corrected chi connectivity index (χ3v) is 7.27. The quantitative estimate of drug-likeness (QED) is 0.418. The molecule has 6 nitrogen and oxygen atoms in total. The minimum atomic E-state index is -0.239. The molecule has 27 heavy (non-hydrogen) atoms. The molecule has 1 aromatic carbocycles. The Morgan fingerprint density at radius 1 is 1.07 bits per heavy atom. The summed E-state index contributed by atoms with van der Waals surface area (Å²) in [4.78, 5) is 25.9. The van der Waals surface area contributed by atoms with Crippen LogP contribution in [0.25, 0.3) is 0 Å². The van der Waals surface area contributed by atoms with Gasteiger partial charge in [0.1, 0.15) is 11.5 Å². The number of halogens is 1. The fourth-order valence-electron chi connectivity index (χ4n) is 5.28. The van der Waals surface area contributed by atoms with Gasteiger partial charge in [-0.05, 0) is 52.1 Å². The van der Waals surface area contributed by atoms with Gasteiger partial charge in [0.05, 0.1) is 36.7 Å². The first-order valence-corrected chi connectivity index (χ1v) is 9.83. The zero-order chi connectivity index (χ0) is 18.9. The van der Waals surface area contributed by atoms with E-state index in [0.717, 1.165) is 22.3 Å². The number of hydrogen-bond acceptors (Lipinski definition) is 5. The Hall–Kier alpha value is -2.15. The van der Waals surface area contributed by atoms with Crippen molar-refractivity contribution in [3.63, 3.8) is 0 Å². The van der Waals surface area contributed by atoms with Crippen LogP contribution in [-0.2, 0) is 9.59 Å². The molecule has 0 N–H and O–H groups in total. The minimum Gasteiger partial charge on any atom is -0.496 e. The first-order chi connectivity index (χ1) is 13.0. The number of benzene rings is 1. The van der Waals surface area contributed by atoms with Crippen LogP contribution >= 0.6 is 15.9 Å². The van der Waals surface area contributed by atoms with Crippen molar-refractivity contribution < 1.29 is 19.1 Å². The number of fused-ring (bicyclic) bond motifs is 3. The number of methoxy groups -OCH3 is 2. The molecule has 140 valence electrons. The maximum atomic E-state index is 12.9. The van der Waals surface area contributed by atoms with Gasteiger partial charge in [0.25, 0.3) is 11.8 Å². The van der Waals surface area contributed by atoms with Gasteiger partial charge < -0.3 is 9.47 Å². The lowest BCUT2D eigenvalue weighted by Crippen LogP contribution is -2.30. The second-order valence-electron chi connectivity index (χ2n) is 7.68. The highest BCUT2D eigenvalue weighted by molar-refractivity contribution is 9.10. The molecule has 4 aliphatic rings. The molecule has 2 saturated carbocycles. The SMILES string of the molecule is COc1cc(OC)c(/C=N\N2C(=O)[C@@H]3[C@H](C2=O)[C@@H]2C=C[C@@H]3C23CC3)cc1Br. The van der Waals surface area contributed by atoms with Crippen LogP contribution < -0.4 is 9.47 Å². The van der Waals surface area contributed by atoms with Gasteiger partial charge in [-0.3, -0.25) is 9.59 Å². The Morgan fingerprint density at radius 3 is 2.19 bits per heavy atom. The number of allylic oxidation sites excluding steroid dienone is 2. The molecule has 1 aliphatic heterocycles. The van der Waals surface area contributed by atoms with Crippen LogP contribution in [0, 0.1) is 29.1 Å². The zero-order valence-corrected chi connectivity index (χ0v) is 16.6. The topological polar surface area (TPSA) is 68.2 Å². The lowest BCUT2D eigenvalue weighted by molar-refractivity contribution is -0.141. The maximum absolute atomic E-state index is 12.9. The van der Waals surface area contributed by atoms with E-state index in [0.29, 0.717) is 17.1 Å². The molecule has 3 aliphatic carbocycles. The molecule has 2 amide bonds. The van der Waals surface area contributed by atoms with Crippen LogP contribution in [0.15, 0.2) is 33.9 Å². The number of hydrazone groups is 1. The van der Waals surface area contributed by atoms with Crippen LogP contribution in [0.5, 0.6) is 11.5 Å². The van der Waals surface area contributed by atoms with E-state index >= 15 is 0 Å². The van der Waals surface area contributed by atoms with Gasteiger partial charge in [0.15, 0.2) is 0 Å². The summed E-state index contributed by atoms with van der Waals surface area (Å²) in [5.74, 6) is 0.767. The Bertz CT molecular complexity index is 887. The van der Waals surface area contributed by atoms with Gasteiger partial charge >= 0.3 is 0 Å². The highest BCUT2D eigenvalue weighted by Gasteiger charge is 2.73. The van der Waals surface area contributed by atoms with E-state index < -0.39 is 0 Å². The van der Waals surface area contributed by atoms with Crippen molar-refractivity contribution in [2.24, 2.45) is 34.2 Å². The standard InChI is InChI=1S/C20H19BrN2O4/c1-26-14-8-15(27-2)13(21)7-10(14)9-22-23-18(24)16-11-3-4-12(17(16)19(23)25)20(11)5-6-20/h3-4,7-9,11-12,16-17H,5-6H2,1-2H3/b22-9-/t11-,12-,16-,17+/m0/s1. The summed E-state index contributed by atoms with van der Waals surface area (Å²) in [6, 6.07) is 3.52. The van der Waals surface area contributed by atoms with E-state index in [2.05, 4.69) is 33.2 Å². The van der Waals surface area contributed by atoms with Crippen molar-refractivity contribution in [2.45, 2.75) is 12.8 Å². The molecule has 1 aromatic rings. The van der Waals surface area contributed by atoms with Gasteiger partial charge in [-0.15, -0.1) is 0 Å². The van der Waals surface area contributed by atoms with E-state index in [1.165, 1.54) is 6.21 Å². The summed E-state index contributed by atoms with van der Waals surface area (Å²) in [6.45, 7) is 0. The molecule has 1 spiro atoms. The van der Waals surface area contributed by atoms with Crippen molar-refractivity contribution in [1.29, 1.82) is 0 Å². The summed E-state index contributed by atoms with van der Waals surface area (Å²) in [7, 11) is 3.12. The number of imide groups is 1. The third kappa shape index (κ3) is 2.15. The van der Waals surface area contributed by atoms with Crippen molar-refractivity contribution >= 4 is 34.0 Å². The van der Waals surface area contributed by atoms with Gasteiger partial charge in [0, 0.05) is 11.6 Å². The number of rotatable bonds is 4. The Balaban J connectivity index is 1.44. The summed E-state index contributed by atoms with van der Waals surface area (Å²) >= 11 is 3.43. The highest BCUT2D eigenvalue weighted by atomic mass is 79.9. The largest absolute Gasteiger partial charge is 0.496 e. The fourth-order valence-corrected chi connectivity index (χ4v) is 5.80. The van der Waals surface area contributed by atoms with E-state index in [1.54, 1.807) is 26.4 Å². The maximum Gasteiger partial charge on any atom is 0.254 e. The number of amides is 2. The van der Waals surface area contributed by atoms with Crippen molar-refractivity contribution in [2.75, 3.05) is 14.2 Å². The lowest BCUT2D eigenvalue weighted by Gasteiger charge is -2.18. The average Bonchev–Trinajstić information content (AvgIpc) is 3.27. The predicted molar refractivity (Wildman–Crippen MR) is 101 cm³/mol. The number of hydrogen-bond donors (Lipinski definition) is 0. The molecule has 0 aromatic heterocycles. The molecule has 0 radical (unpaired) electrons. The molecule has 2 bridgehead atoms. The molecule has 7 heteroatoms. The number of nitrogens with zero attached hydrogens (tertiary/aromatic N) is 2. The zero-order valence-electron chi connectivity index (χ0n) is 15.0. The van der Waals surface area contributed by atoms with Crippen LogP contribution in [0.3, 0.4) is 0 Å². The van der Waals surface area contributed by atoms with Gasteiger partial charge in [-0.1, -0.05) is 12.2 Å². The second-order valence-corrected chi connectivity index (χ2v) is 8.54. The number of carbonyl (C=O) groups excluding carboxylic acids is 2. The first-order valence-electron chi connectivity index (χ1n) is 9.03. The third-order valence-electron chi connectivity index (χ3n) is 6.65. The molecular weight excluding hydrogens is 412 g/mol. The summed E-state index contributed by atoms with van der Waals surface area (Å²) in [5.41, 5.74) is 0.850. The van der Waals surface area contributed by atoms with Crippen molar-refractivity contribution in [3.8, 4) is 11.5 Å². The minimum absolute atomic E-state index is 0.170. The molecule has 0 unspecified atom stereocenters. The number of carbonyl (C=O) groups is 2. The van der Waals surface area contributed by atoms with Gasteiger partial charge in [-0.25, -0.2) is 0 Å². The van der Waals surface area contributed by atoms with E-state index in [1.807, 2.05) is 0 Å². The molecule has 4 atom stereocenters. The molecule has 1 saturated heterocycles. The Morgan fingerprint density at radius 2 is 1.67 bits per heavy atom. The van der Waals surface area contributed by atoms with Crippen LogP contribution in [0.1, 0.15) is 18.4 Å². The van der Waals surface area contributed by atoms with Gasteiger partial charge in [-0.2, -0.15) is 10.1 Å². The second kappa shape index (κ2) is 5.67. The number of ether oxygens (including phenoxy) is 2. The Labute approximate surface area is 165 Å². The Kier molecular flexibility index (Phi) is 3.57. The molecule has 1 heterocycles. The van der Waals surface area contributed by atoms with E-state index in [9.17, 15) is 9.59 Å². The fraction of sp³-hybridized carbons (Fsp3) is 0.450. The summed E-state index contributed by atoms with van der Waals surface area (Å²) in [6.07, 6.45) is 8.07. The van der Waals surface area contributed by atoms with Crippen LogP contribution in [0.2, 0.25) is 0 Å². The molecule has 5 rings (SSSR count). The van der Waals surface area contributed by atoms with E-state index in [4.69, 9.17) is 9.47 Å². The van der Waals surface area contributed by atoms with E-state index in [-0.39, 0.29) is 40.9 Å². The monoisotopic (exact) mass is 430 g/mol. The van der Waals surface area contributed by atoms with Crippen LogP contribution in [0.4, 0.5) is 0 Å². The lowest BCUT2D eigenvalue weighted by atomic mass is 9.85.